The summed E-state index contributed by atoms with van der Waals surface area (Å²) < 4.78 is 51.6. The van der Waals surface area contributed by atoms with Crippen molar-refractivity contribution >= 4 is 54.4 Å². The molecule has 0 radical (unpaired) electrons. The molecule has 3 aromatic rings. The Hall–Kier alpha value is -2.89. The van der Waals surface area contributed by atoms with Crippen molar-refractivity contribution in [2.24, 2.45) is 0 Å². The van der Waals surface area contributed by atoms with Crippen molar-refractivity contribution in [1.82, 2.24) is 0 Å². The molecule has 0 bridgehead atoms. The van der Waals surface area contributed by atoms with Crippen LogP contribution in [0.2, 0.25) is 0 Å². The molecule has 30 heavy (non-hydrogen) atoms. The van der Waals surface area contributed by atoms with E-state index in [2.05, 4.69) is 10.0 Å². The van der Waals surface area contributed by atoms with Gasteiger partial charge in [0.15, 0.2) is 0 Å². The zero-order chi connectivity index (χ0) is 21.9. The normalized spacial score (nSPS) is 11.7. The molecule has 0 fully saturated rings. The van der Waals surface area contributed by atoms with Crippen LogP contribution in [0.3, 0.4) is 0 Å². The van der Waals surface area contributed by atoms with Crippen molar-refractivity contribution < 1.29 is 21.6 Å². The van der Waals surface area contributed by atoms with Gasteiger partial charge in [-0.25, -0.2) is 16.8 Å². The van der Waals surface area contributed by atoms with Gasteiger partial charge >= 0.3 is 0 Å². The molecule has 11 heteroatoms. The second-order valence-electron chi connectivity index (χ2n) is 6.35. The number of carbonyl (C=O) groups excluding carboxylic acids is 1. The lowest BCUT2D eigenvalue weighted by Crippen LogP contribution is -2.24. The third-order valence-corrected chi connectivity index (χ3v) is 8.11. The van der Waals surface area contributed by atoms with E-state index in [1.165, 1.54) is 37.4 Å². The molecule has 1 heterocycles. The van der Waals surface area contributed by atoms with Crippen molar-refractivity contribution in [2.75, 3.05) is 27.6 Å². The molecule has 2 aromatic carbocycles. The molecule has 8 nitrogen and oxygen atoms in total. The fraction of sp³-hybridized carbons (Fsp3) is 0.105. The second-order valence-corrected chi connectivity index (χ2v) is 11.2. The van der Waals surface area contributed by atoms with E-state index in [9.17, 15) is 21.6 Å². The van der Waals surface area contributed by atoms with Gasteiger partial charge in [-0.1, -0.05) is 12.1 Å². The van der Waals surface area contributed by atoms with Crippen LogP contribution in [0, 0.1) is 0 Å². The summed E-state index contributed by atoms with van der Waals surface area (Å²) >= 11 is 1.11. The molecule has 1 amide bonds. The third-order valence-electron chi connectivity index (χ3n) is 4.12. The van der Waals surface area contributed by atoms with E-state index in [-0.39, 0.29) is 4.21 Å². The first-order valence-electron chi connectivity index (χ1n) is 8.58. The molecular formula is C19H19N3O5S3. The molecule has 0 saturated carbocycles. The zero-order valence-corrected chi connectivity index (χ0v) is 18.5. The van der Waals surface area contributed by atoms with Crippen LogP contribution in [0.4, 0.5) is 17.1 Å². The van der Waals surface area contributed by atoms with Crippen molar-refractivity contribution in [2.45, 2.75) is 4.21 Å². The highest BCUT2D eigenvalue weighted by atomic mass is 32.2. The standard InChI is InChI=1S/C19H19N3O5S3/c1-22(29(2,24)25)17-6-3-5-16(13-17)20-19(23)14-8-10-15(11-9-14)21-30(26,27)18-7-4-12-28-18/h3-13,21H,1-2H3,(H,20,23). The Kier molecular flexibility index (Phi) is 6.15. The number of anilines is 3. The molecule has 2 N–H and O–H groups in total. The Morgan fingerprint density at radius 1 is 0.933 bits per heavy atom. The van der Waals surface area contributed by atoms with Gasteiger partial charge < -0.3 is 5.32 Å². The Labute approximate surface area is 179 Å². The van der Waals surface area contributed by atoms with E-state index < -0.39 is 26.0 Å². The fourth-order valence-electron chi connectivity index (χ4n) is 2.49. The van der Waals surface area contributed by atoms with Crippen molar-refractivity contribution in [3.8, 4) is 0 Å². The third kappa shape index (κ3) is 5.17. The number of nitrogens with zero attached hydrogens (tertiary/aromatic N) is 1. The largest absolute Gasteiger partial charge is 0.322 e. The lowest BCUT2D eigenvalue weighted by atomic mass is 10.2. The molecular weight excluding hydrogens is 446 g/mol. The van der Waals surface area contributed by atoms with E-state index in [4.69, 9.17) is 0 Å². The van der Waals surface area contributed by atoms with Gasteiger partial charge in [0.05, 0.1) is 11.9 Å². The van der Waals surface area contributed by atoms with Crippen LogP contribution in [-0.4, -0.2) is 36.0 Å². The smallest absolute Gasteiger partial charge is 0.271 e. The summed E-state index contributed by atoms with van der Waals surface area (Å²) in [5, 5.41) is 4.37. The summed E-state index contributed by atoms with van der Waals surface area (Å²) in [6.07, 6.45) is 1.09. The van der Waals surface area contributed by atoms with Crippen LogP contribution in [0.5, 0.6) is 0 Å². The Morgan fingerprint density at radius 3 is 2.23 bits per heavy atom. The number of amides is 1. The quantitative estimate of drug-likeness (QED) is 0.556. The second kappa shape index (κ2) is 8.46. The maximum Gasteiger partial charge on any atom is 0.271 e. The van der Waals surface area contributed by atoms with E-state index in [0.717, 1.165) is 21.9 Å². The number of nitrogens with one attached hydrogen (secondary N) is 2. The van der Waals surface area contributed by atoms with Crippen molar-refractivity contribution in [3.63, 3.8) is 0 Å². The van der Waals surface area contributed by atoms with E-state index in [1.807, 2.05) is 0 Å². The predicted molar refractivity (Wildman–Crippen MR) is 119 cm³/mol. The van der Waals surface area contributed by atoms with Crippen molar-refractivity contribution in [3.05, 3.63) is 71.6 Å². The van der Waals surface area contributed by atoms with E-state index in [1.54, 1.807) is 35.7 Å². The monoisotopic (exact) mass is 465 g/mol. The van der Waals surface area contributed by atoms with E-state index in [0.29, 0.717) is 22.6 Å². The molecule has 3 rings (SSSR count). The Bertz CT molecular complexity index is 1250. The number of benzene rings is 2. The summed E-state index contributed by atoms with van der Waals surface area (Å²) in [5.41, 5.74) is 1.48. The van der Waals surface area contributed by atoms with Crippen LogP contribution in [-0.2, 0) is 20.0 Å². The topological polar surface area (TPSA) is 113 Å². The fourth-order valence-corrected chi connectivity index (χ4v) is 5.03. The van der Waals surface area contributed by atoms with Gasteiger partial charge in [0.1, 0.15) is 4.21 Å². The van der Waals surface area contributed by atoms with Crippen LogP contribution >= 0.6 is 11.3 Å². The Morgan fingerprint density at radius 2 is 1.63 bits per heavy atom. The number of rotatable bonds is 7. The summed E-state index contributed by atoms with van der Waals surface area (Å²) in [6.45, 7) is 0. The van der Waals surface area contributed by atoms with Crippen molar-refractivity contribution in [1.29, 1.82) is 0 Å². The van der Waals surface area contributed by atoms with Gasteiger partial charge in [0.25, 0.3) is 15.9 Å². The first kappa shape index (κ1) is 21.8. The maximum absolute atomic E-state index is 12.5. The molecule has 0 spiro atoms. The molecule has 0 aliphatic carbocycles. The number of carbonyl (C=O) groups is 1. The highest BCUT2D eigenvalue weighted by Crippen LogP contribution is 2.22. The molecule has 0 unspecified atom stereocenters. The molecule has 0 saturated heterocycles. The lowest BCUT2D eigenvalue weighted by Gasteiger charge is -2.17. The SMILES string of the molecule is CN(c1cccc(NC(=O)c2ccc(NS(=O)(=O)c3cccs3)cc2)c1)S(C)(=O)=O. The average molecular weight is 466 g/mol. The molecule has 0 atom stereocenters. The zero-order valence-electron chi connectivity index (χ0n) is 16.1. The van der Waals surface area contributed by atoms with Crippen LogP contribution < -0.4 is 14.3 Å². The minimum Gasteiger partial charge on any atom is -0.322 e. The minimum atomic E-state index is -3.66. The lowest BCUT2D eigenvalue weighted by molar-refractivity contribution is 0.102. The number of hydrogen-bond acceptors (Lipinski definition) is 6. The first-order chi connectivity index (χ1) is 14.1. The van der Waals surface area contributed by atoms with Gasteiger partial charge in [-0.3, -0.25) is 13.8 Å². The highest BCUT2D eigenvalue weighted by Gasteiger charge is 2.16. The number of thiophene rings is 1. The van der Waals surface area contributed by atoms with Crippen LogP contribution in [0.25, 0.3) is 0 Å². The average Bonchev–Trinajstić information content (AvgIpc) is 3.23. The number of sulfonamides is 2. The molecule has 158 valence electrons. The first-order valence-corrected chi connectivity index (χ1v) is 12.8. The van der Waals surface area contributed by atoms with Gasteiger partial charge in [0, 0.05) is 24.0 Å². The van der Waals surface area contributed by atoms with Gasteiger partial charge in [0.2, 0.25) is 10.0 Å². The summed E-state index contributed by atoms with van der Waals surface area (Å²) in [4.78, 5) is 12.5. The highest BCUT2D eigenvalue weighted by molar-refractivity contribution is 7.94. The molecule has 1 aromatic heterocycles. The molecule has 0 aliphatic heterocycles. The summed E-state index contributed by atoms with van der Waals surface area (Å²) in [7, 11) is -5.66. The summed E-state index contributed by atoms with van der Waals surface area (Å²) in [6, 6.07) is 15.6. The van der Waals surface area contributed by atoms with Crippen LogP contribution in [0.15, 0.2) is 70.3 Å². The molecule has 0 aliphatic rings. The summed E-state index contributed by atoms with van der Waals surface area (Å²) in [5.74, 6) is -0.415. The van der Waals surface area contributed by atoms with E-state index >= 15 is 0 Å². The van der Waals surface area contributed by atoms with Crippen LogP contribution in [0.1, 0.15) is 10.4 Å². The Balaban J connectivity index is 1.71. The van der Waals surface area contributed by atoms with Gasteiger partial charge in [-0.05, 0) is 53.9 Å². The maximum atomic E-state index is 12.5. The predicted octanol–water partition coefficient (Wildman–Crippen LogP) is 3.20. The van der Waals surface area contributed by atoms with Gasteiger partial charge in [-0.2, -0.15) is 0 Å². The number of hydrogen-bond donors (Lipinski definition) is 2. The minimum absolute atomic E-state index is 0.197. The van der Waals surface area contributed by atoms with Gasteiger partial charge in [-0.15, -0.1) is 11.3 Å².